The topological polar surface area (TPSA) is 79.4 Å². The fourth-order valence-corrected chi connectivity index (χ4v) is 3.34. The molecule has 1 aliphatic heterocycles. The van der Waals surface area contributed by atoms with Gasteiger partial charge in [-0.3, -0.25) is 0 Å². The number of hydrogen-bond donors (Lipinski definition) is 2. The highest BCUT2D eigenvalue weighted by atomic mass is 19.1. The molecule has 31 heavy (non-hydrogen) atoms. The maximum absolute atomic E-state index is 13.8. The van der Waals surface area contributed by atoms with Crippen LogP contribution in [-0.2, 0) is 11.3 Å². The monoisotopic (exact) mass is 433 g/mol. The van der Waals surface area contributed by atoms with Crippen LogP contribution >= 0.6 is 0 Å². The van der Waals surface area contributed by atoms with Gasteiger partial charge in [-0.25, -0.2) is 23.5 Å². The lowest BCUT2D eigenvalue weighted by Crippen LogP contribution is -2.43. The van der Waals surface area contributed by atoms with E-state index in [0.717, 1.165) is 43.3 Å². The summed E-state index contributed by atoms with van der Waals surface area (Å²) in [6.45, 7) is 8.28. The summed E-state index contributed by atoms with van der Waals surface area (Å²) in [6, 6.07) is 4.91. The predicted molar refractivity (Wildman–Crippen MR) is 114 cm³/mol. The second-order valence-electron chi connectivity index (χ2n) is 8.69. The summed E-state index contributed by atoms with van der Waals surface area (Å²) >= 11 is 0. The molecule has 1 aliphatic rings. The van der Waals surface area contributed by atoms with Crippen molar-refractivity contribution in [2.24, 2.45) is 5.92 Å². The molecule has 1 saturated heterocycles. The Morgan fingerprint density at radius 3 is 2.65 bits per heavy atom. The van der Waals surface area contributed by atoms with Gasteiger partial charge in [-0.05, 0) is 58.2 Å². The van der Waals surface area contributed by atoms with Gasteiger partial charge < -0.3 is 20.3 Å². The molecule has 3 rings (SSSR count). The highest BCUT2D eigenvalue weighted by Crippen LogP contribution is 2.21. The maximum Gasteiger partial charge on any atom is 0.410 e. The summed E-state index contributed by atoms with van der Waals surface area (Å²) in [4.78, 5) is 22.2. The molecule has 2 heterocycles. The van der Waals surface area contributed by atoms with Crippen molar-refractivity contribution >= 4 is 17.6 Å². The number of rotatable bonds is 6. The van der Waals surface area contributed by atoms with Crippen molar-refractivity contribution in [3.63, 3.8) is 0 Å². The van der Waals surface area contributed by atoms with E-state index in [1.165, 1.54) is 6.33 Å². The third kappa shape index (κ3) is 7.13. The van der Waals surface area contributed by atoms with E-state index in [1.807, 2.05) is 20.8 Å². The zero-order chi connectivity index (χ0) is 22.4. The molecule has 1 aromatic heterocycles. The third-order valence-electron chi connectivity index (χ3n) is 4.92. The van der Waals surface area contributed by atoms with E-state index >= 15 is 0 Å². The molecule has 0 unspecified atom stereocenters. The summed E-state index contributed by atoms with van der Waals surface area (Å²) in [5.41, 5.74) is 0.274. The van der Waals surface area contributed by atoms with Crippen LogP contribution in [0.1, 0.15) is 39.3 Å². The molecular weight excluding hydrogens is 404 g/mol. The highest BCUT2D eigenvalue weighted by molar-refractivity contribution is 5.68. The Hall–Kier alpha value is -2.81. The summed E-state index contributed by atoms with van der Waals surface area (Å²) in [5, 5.41) is 6.16. The second kappa shape index (κ2) is 10.00. The lowest BCUT2D eigenvalue weighted by atomic mass is 9.97. The molecule has 0 atom stereocenters. The second-order valence-corrected chi connectivity index (χ2v) is 8.69. The van der Waals surface area contributed by atoms with Crippen LogP contribution in [0.2, 0.25) is 0 Å². The molecule has 1 aromatic carbocycles. The number of amides is 1. The first-order valence-corrected chi connectivity index (χ1v) is 10.4. The number of piperidine rings is 1. The number of hydrogen-bond acceptors (Lipinski definition) is 6. The zero-order valence-electron chi connectivity index (χ0n) is 18.1. The first kappa shape index (κ1) is 22.9. The number of anilines is 2. The lowest BCUT2D eigenvalue weighted by molar-refractivity contribution is 0.0184. The summed E-state index contributed by atoms with van der Waals surface area (Å²) in [5.74, 6) is -0.239. The van der Waals surface area contributed by atoms with Crippen LogP contribution in [0, 0.1) is 17.6 Å². The molecule has 0 bridgehead atoms. The summed E-state index contributed by atoms with van der Waals surface area (Å²) in [6.07, 6.45) is 2.94. The molecule has 0 aliphatic carbocycles. The average molecular weight is 434 g/mol. The molecule has 0 saturated carbocycles. The van der Waals surface area contributed by atoms with E-state index in [2.05, 4.69) is 20.6 Å². The standard InChI is InChI=1S/C22H29F2N5O2/c1-22(2,3)31-21(30)29-8-6-15(7-9-29)12-25-13-17-11-20(27-14-26-17)28-19-10-16(23)4-5-18(19)24/h4-5,10-11,14-15,25H,6-9,12-13H2,1-3H3,(H,26,27,28). The van der Waals surface area contributed by atoms with Crippen LogP contribution < -0.4 is 10.6 Å². The van der Waals surface area contributed by atoms with Gasteiger partial charge in [-0.1, -0.05) is 0 Å². The van der Waals surface area contributed by atoms with Gasteiger partial charge in [0.15, 0.2) is 0 Å². The Kier molecular flexibility index (Phi) is 7.37. The molecule has 2 N–H and O–H groups in total. The molecule has 7 nitrogen and oxygen atoms in total. The van der Waals surface area contributed by atoms with E-state index in [9.17, 15) is 13.6 Å². The van der Waals surface area contributed by atoms with Gasteiger partial charge >= 0.3 is 6.09 Å². The van der Waals surface area contributed by atoms with Gasteiger partial charge in [0.25, 0.3) is 0 Å². The van der Waals surface area contributed by atoms with E-state index in [-0.39, 0.29) is 11.8 Å². The molecule has 9 heteroatoms. The van der Waals surface area contributed by atoms with Crippen LogP contribution in [0.25, 0.3) is 0 Å². The quantitative estimate of drug-likeness (QED) is 0.710. The number of ether oxygens (including phenoxy) is 1. The molecule has 0 radical (unpaired) electrons. The Bertz CT molecular complexity index is 896. The fourth-order valence-electron chi connectivity index (χ4n) is 3.34. The van der Waals surface area contributed by atoms with Crippen LogP contribution in [0.3, 0.4) is 0 Å². The molecular formula is C22H29F2N5O2. The van der Waals surface area contributed by atoms with Gasteiger partial charge in [-0.2, -0.15) is 0 Å². The van der Waals surface area contributed by atoms with Crippen molar-refractivity contribution in [2.75, 3.05) is 25.0 Å². The van der Waals surface area contributed by atoms with Crippen LogP contribution in [0.5, 0.6) is 0 Å². The molecule has 1 fully saturated rings. The van der Waals surface area contributed by atoms with Gasteiger partial charge in [0.1, 0.15) is 29.4 Å². The Morgan fingerprint density at radius 2 is 1.94 bits per heavy atom. The number of carbonyl (C=O) groups excluding carboxylic acids is 1. The first-order chi connectivity index (χ1) is 14.7. The third-order valence-corrected chi connectivity index (χ3v) is 4.92. The van der Waals surface area contributed by atoms with Crippen molar-refractivity contribution in [1.82, 2.24) is 20.2 Å². The van der Waals surface area contributed by atoms with Crippen LogP contribution in [0.4, 0.5) is 25.1 Å². The van der Waals surface area contributed by atoms with Crippen molar-refractivity contribution in [1.29, 1.82) is 0 Å². The number of halogens is 2. The van der Waals surface area contributed by atoms with E-state index in [1.54, 1.807) is 11.0 Å². The van der Waals surface area contributed by atoms with Gasteiger partial charge in [-0.15, -0.1) is 0 Å². The van der Waals surface area contributed by atoms with Crippen molar-refractivity contribution in [3.05, 3.63) is 47.9 Å². The number of likely N-dealkylation sites (tertiary alicyclic amines) is 1. The average Bonchev–Trinajstić information content (AvgIpc) is 2.70. The minimum absolute atomic E-state index is 0.0226. The maximum atomic E-state index is 13.8. The Balaban J connectivity index is 1.44. The van der Waals surface area contributed by atoms with E-state index in [4.69, 9.17) is 4.74 Å². The molecule has 0 spiro atoms. The number of carbonyl (C=O) groups is 1. The van der Waals surface area contributed by atoms with Crippen molar-refractivity contribution in [2.45, 2.75) is 45.8 Å². The van der Waals surface area contributed by atoms with E-state index < -0.39 is 17.2 Å². The molecule has 168 valence electrons. The van der Waals surface area contributed by atoms with Crippen molar-refractivity contribution in [3.8, 4) is 0 Å². The van der Waals surface area contributed by atoms with E-state index in [0.29, 0.717) is 31.4 Å². The van der Waals surface area contributed by atoms with Crippen molar-refractivity contribution < 1.29 is 18.3 Å². The summed E-state index contributed by atoms with van der Waals surface area (Å²) < 4.78 is 32.6. The first-order valence-electron chi connectivity index (χ1n) is 10.4. The number of nitrogens with zero attached hydrogens (tertiary/aromatic N) is 3. The minimum atomic E-state index is -0.558. The number of benzene rings is 1. The van der Waals surface area contributed by atoms with Crippen LogP contribution in [-0.4, -0.2) is 46.2 Å². The van der Waals surface area contributed by atoms with Gasteiger partial charge in [0.2, 0.25) is 0 Å². The largest absolute Gasteiger partial charge is 0.444 e. The molecule has 2 aromatic rings. The minimum Gasteiger partial charge on any atom is -0.444 e. The number of nitrogens with one attached hydrogen (secondary N) is 2. The normalized spacial score (nSPS) is 15.1. The summed E-state index contributed by atoms with van der Waals surface area (Å²) in [7, 11) is 0. The number of aromatic nitrogens is 2. The Morgan fingerprint density at radius 1 is 1.19 bits per heavy atom. The zero-order valence-corrected chi connectivity index (χ0v) is 18.1. The molecule has 1 amide bonds. The fraction of sp³-hybridized carbons (Fsp3) is 0.500. The lowest BCUT2D eigenvalue weighted by Gasteiger charge is -2.33. The highest BCUT2D eigenvalue weighted by Gasteiger charge is 2.26. The SMILES string of the molecule is CC(C)(C)OC(=O)N1CCC(CNCc2cc(Nc3cc(F)ccc3F)ncn2)CC1. The smallest absolute Gasteiger partial charge is 0.410 e. The van der Waals surface area contributed by atoms with Gasteiger partial charge in [0.05, 0.1) is 11.4 Å². The Labute approximate surface area is 181 Å². The van der Waals surface area contributed by atoms with Crippen LogP contribution in [0.15, 0.2) is 30.6 Å². The predicted octanol–water partition coefficient (Wildman–Crippen LogP) is 4.24. The van der Waals surface area contributed by atoms with Gasteiger partial charge in [0, 0.05) is 31.8 Å².